The van der Waals surface area contributed by atoms with Gasteiger partial charge >= 0.3 is 18.0 Å². The Morgan fingerprint density at radius 1 is 0.479 bits per heavy atom. The van der Waals surface area contributed by atoms with E-state index in [4.69, 9.17) is 57.6 Å². The van der Waals surface area contributed by atoms with E-state index in [0.29, 0.717) is 132 Å². The van der Waals surface area contributed by atoms with Gasteiger partial charge in [0.1, 0.15) is 5.60 Å². The summed E-state index contributed by atoms with van der Waals surface area (Å²) in [6.07, 6.45) is -0.531. The Balaban J connectivity index is 4.00. The molecule has 0 aliphatic rings. The van der Waals surface area contributed by atoms with Gasteiger partial charge in [0.15, 0.2) is 0 Å². The summed E-state index contributed by atoms with van der Waals surface area (Å²) in [5.41, 5.74) is -0.537. The third-order valence-electron chi connectivity index (χ3n) is 5.72. The van der Waals surface area contributed by atoms with E-state index in [1.165, 1.54) is 0 Å². The second kappa shape index (κ2) is 33.3. The SMILES string of the molecule is CC(C)(C)OC(=O)NCCOCCOCCOCCN(CCOCCOCCOCCC(=O)O)CCOCCOCCOCCC(=O)O. The van der Waals surface area contributed by atoms with Gasteiger partial charge in [-0.1, -0.05) is 0 Å². The monoisotopic (exact) mass is 700 g/mol. The number of ether oxygens (including phenoxy) is 10. The summed E-state index contributed by atoms with van der Waals surface area (Å²) in [5.74, 6) is -1.79. The van der Waals surface area contributed by atoms with Crippen LogP contribution in [0.1, 0.15) is 33.6 Å². The van der Waals surface area contributed by atoms with Gasteiger partial charge in [0.2, 0.25) is 0 Å². The number of amides is 1. The lowest BCUT2D eigenvalue weighted by Gasteiger charge is -2.22. The number of carbonyl (C=O) groups excluding carboxylic acids is 1. The first kappa shape index (κ1) is 45.8. The number of carboxylic acids is 2. The molecule has 0 aliphatic heterocycles. The lowest BCUT2D eigenvalue weighted by atomic mass is 10.2. The molecule has 0 aromatic heterocycles. The van der Waals surface area contributed by atoms with Crippen molar-refractivity contribution in [3.63, 3.8) is 0 Å². The molecule has 0 atom stereocenters. The Labute approximate surface area is 284 Å². The average molecular weight is 701 g/mol. The van der Waals surface area contributed by atoms with E-state index in [2.05, 4.69) is 10.2 Å². The van der Waals surface area contributed by atoms with Crippen molar-refractivity contribution in [2.45, 2.75) is 39.2 Å². The molecule has 0 saturated carbocycles. The number of carbonyl (C=O) groups is 3. The highest BCUT2D eigenvalue weighted by molar-refractivity contribution is 5.67. The van der Waals surface area contributed by atoms with Crippen molar-refractivity contribution in [3.8, 4) is 0 Å². The predicted octanol–water partition coefficient (Wildman–Crippen LogP) is 0.912. The number of aliphatic carboxylic acids is 2. The van der Waals surface area contributed by atoms with Crippen LogP contribution < -0.4 is 5.32 Å². The molecule has 0 bridgehead atoms. The molecule has 3 N–H and O–H groups in total. The fourth-order valence-corrected chi connectivity index (χ4v) is 3.40. The standard InChI is InChI=1S/C31H60N2O15/c1-31(2,3)48-30(38)32-6-12-41-18-24-47-27-21-44-15-9-33(7-13-42-19-25-45-22-16-39-10-4-28(34)35)8-14-43-20-26-46-23-17-40-11-5-29(36)37/h4-27H2,1-3H3,(H,32,38)(H,34,35)(H,36,37). The molecular weight excluding hydrogens is 640 g/mol. The van der Waals surface area contributed by atoms with Crippen LogP contribution in [-0.2, 0) is 57.0 Å². The lowest BCUT2D eigenvalue weighted by molar-refractivity contribution is -0.139. The highest BCUT2D eigenvalue weighted by Crippen LogP contribution is 2.06. The van der Waals surface area contributed by atoms with Crippen molar-refractivity contribution in [2.75, 3.05) is 145 Å². The Bertz CT molecular complexity index is 735. The van der Waals surface area contributed by atoms with Crippen LogP contribution in [0.15, 0.2) is 0 Å². The molecule has 0 radical (unpaired) electrons. The molecule has 0 rings (SSSR count). The molecule has 284 valence electrons. The molecule has 0 spiro atoms. The maximum atomic E-state index is 11.6. The molecule has 0 aromatic rings. The summed E-state index contributed by atoms with van der Waals surface area (Å²) in [7, 11) is 0. The number of nitrogens with zero attached hydrogens (tertiary/aromatic N) is 1. The van der Waals surface area contributed by atoms with Crippen molar-refractivity contribution in [1.82, 2.24) is 10.2 Å². The van der Waals surface area contributed by atoms with Crippen molar-refractivity contribution >= 4 is 18.0 Å². The zero-order chi connectivity index (χ0) is 35.6. The first-order valence-electron chi connectivity index (χ1n) is 16.4. The predicted molar refractivity (Wildman–Crippen MR) is 173 cm³/mol. The van der Waals surface area contributed by atoms with Gasteiger partial charge in [-0.15, -0.1) is 0 Å². The zero-order valence-corrected chi connectivity index (χ0v) is 29.1. The smallest absolute Gasteiger partial charge is 0.407 e. The van der Waals surface area contributed by atoms with Crippen LogP contribution in [0.2, 0.25) is 0 Å². The maximum Gasteiger partial charge on any atom is 0.407 e. The number of carboxylic acid groups (broad SMARTS) is 2. The van der Waals surface area contributed by atoms with Crippen LogP contribution in [0.5, 0.6) is 0 Å². The number of hydrogen-bond donors (Lipinski definition) is 3. The van der Waals surface area contributed by atoms with E-state index in [-0.39, 0.29) is 26.1 Å². The fourth-order valence-electron chi connectivity index (χ4n) is 3.40. The third-order valence-corrected chi connectivity index (χ3v) is 5.72. The Morgan fingerprint density at radius 2 is 0.771 bits per heavy atom. The first-order valence-corrected chi connectivity index (χ1v) is 16.4. The number of rotatable bonds is 36. The minimum absolute atomic E-state index is 0.0289. The Morgan fingerprint density at radius 3 is 1.08 bits per heavy atom. The normalized spacial score (nSPS) is 11.7. The molecule has 48 heavy (non-hydrogen) atoms. The van der Waals surface area contributed by atoms with E-state index in [0.717, 1.165) is 0 Å². The topological polar surface area (TPSA) is 199 Å². The van der Waals surface area contributed by atoms with Crippen LogP contribution in [0.25, 0.3) is 0 Å². The first-order chi connectivity index (χ1) is 23.1. The molecule has 0 aromatic carbocycles. The van der Waals surface area contributed by atoms with Crippen LogP contribution in [0, 0.1) is 0 Å². The van der Waals surface area contributed by atoms with Gasteiger partial charge in [-0.2, -0.15) is 0 Å². The highest BCUT2D eigenvalue weighted by Gasteiger charge is 2.15. The van der Waals surface area contributed by atoms with Gasteiger partial charge in [-0.3, -0.25) is 14.5 Å². The maximum absolute atomic E-state index is 11.6. The Kier molecular flexibility index (Phi) is 31.8. The minimum Gasteiger partial charge on any atom is -0.481 e. The van der Waals surface area contributed by atoms with Crippen LogP contribution >= 0.6 is 0 Å². The molecule has 17 heteroatoms. The minimum atomic E-state index is -0.894. The van der Waals surface area contributed by atoms with Crippen LogP contribution in [0.4, 0.5) is 4.79 Å². The molecule has 0 unspecified atom stereocenters. The van der Waals surface area contributed by atoms with E-state index in [1.54, 1.807) is 20.8 Å². The van der Waals surface area contributed by atoms with Gasteiger partial charge in [-0.05, 0) is 20.8 Å². The summed E-state index contributed by atoms with van der Waals surface area (Å²) in [4.78, 5) is 34.7. The molecule has 0 fully saturated rings. The van der Waals surface area contributed by atoms with Crippen molar-refractivity contribution < 1.29 is 72.0 Å². The van der Waals surface area contributed by atoms with Crippen LogP contribution in [-0.4, -0.2) is 184 Å². The van der Waals surface area contributed by atoms with Gasteiger partial charge in [0, 0.05) is 26.2 Å². The van der Waals surface area contributed by atoms with Gasteiger partial charge in [-0.25, -0.2) is 4.79 Å². The van der Waals surface area contributed by atoms with Gasteiger partial charge in [0.25, 0.3) is 0 Å². The van der Waals surface area contributed by atoms with E-state index < -0.39 is 23.6 Å². The summed E-state index contributed by atoms with van der Waals surface area (Å²) in [6.45, 7) is 14.7. The summed E-state index contributed by atoms with van der Waals surface area (Å²) < 4.78 is 54.4. The van der Waals surface area contributed by atoms with E-state index >= 15 is 0 Å². The second-order valence-electron chi connectivity index (χ2n) is 11.1. The van der Waals surface area contributed by atoms with Gasteiger partial charge in [0.05, 0.1) is 132 Å². The average Bonchev–Trinajstić information content (AvgIpc) is 3.01. The molecule has 0 saturated heterocycles. The highest BCUT2D eigenvalue weighted by atomic mass is 16.6. The summed E-state index contributed by atoms with van der Waals surface area (Å²) >= 11 is 0. The quantitative estimate of drug-likeness (QED) is 0.0779. The summed E-state index contributed by atoms with van der Waals surface area (Å²) in [5, 5.41) is 19.8. The van der Waals surface area contributed by atoms with E-state index in [1.807, 2.05) is 0 Å². The van der Waals surface area contributed by atoms with Gasteiger partial charge < -0.3 is 62.9 Å². The van der Waals surface area contributed by atoms with Crippen molar-refractivity contribution in [2.24, 2.45) is 0 Å². The van der Waals surface area contributed by atoms with E-state index in [9.17, 15) is 14.4 Å². The van der Waals surface area contributed by atoms with Crippen molar-refractivity contribution in [3.05, 3.63) is 0 Å². The molecular formula is C31H60N2O15. The number of alkyl carbamates (subject to hydrolysis) is 1. The summed E-state index contributed by atoms with van der Waals surface area (Å²) in [6, 6.07) is 0. The molecule has 0 aliphatic carbocycles. The number of hydrogen-bond acceptors (Lipinski definition) is 14. The molecule has 1 amide bonds. The lowest BCUT2D eigenvalue weighted by Crippen LogP contribution is -2.34. The Hall–Kier alpha value is -2.19. The van der Waals surface area contributed by atoms with Crippen molar-refractivity contribution in [1.29, 1.82) is 0 Å². The molecule has 17 nitrogen and oxygen atoms in total. The fraction of sp³-hybridized carbons (Fsp3) is 0.903. The largest absolute Gasteiger partial charge is 0.481 e. The third kappa shape index (κ3) is 38.3. The molecule has 0 heterocycles. The zero-order valence-electron chi connectivity index (χ0n) is 29.1. The second-order valence-corrected chi connectivity index (χ2v) is 11.1. The van der Waals surface area contributed by atoms with Crippen LogP contribution in [0.3, 0.4) is 0 Å². The number of nitrogens with one attached hydrogen (secondary N) is 1.